The Balaban J connectivity index is 0.000000294. The second kappa shape index (κ2) is 12.7. The fourth-order valence-corrected chi connectivity index (χ4v) is 5.61. The van der Waals surface area contributed by atoms with E-state index in [1.807, 2.05) is 46.4 Å². The summed E-state index contributed by atoms with van der Waals surface area (Å²) >= 11 is 0. The number of likely N-dealkylation sites (tertiary alicyclic amines) is 1. The van der Waals surface area contributed by atoms with Crippen LogP contribution >= 0.6 is 0 Å². The van der Waals surface area contributed by atoms with Crippen LogP contribution in [0, 0.1) is 34.0 Å². The fourth-order valence-electron chi connectivity index (χ4n) is 5.61. The summed E-state index contributed by atoms with van der Waals surface area (Å²) in [7, 11) is 1.33. The van der Waals surface area contributed by atoms with Crippen LogP contribution in [0.1, 0.15) is 74.7 Å². The maximum atomic E-state index is 13.0. The number of ketones is 1. The Hall–Kier alpha value is -2.98. The Morgan fingerprint density at radius 2 is 1.65 bits per heavy atom. The van der Waals surface area contributed by atoms with E-state index in [0.29, 0.717) is 43.0 Å². The molecule has 2 heterocycles. The summed E-state index contributed by atoms with van der Waals surface area (Å²) in [6.45, 7) is 19.0. The van der Waals surface area contributed by atoms with Crippen molar-refractivity contribution < 1.29 is 28.8 Å². The lowest BCUT2D eigenvalue weighted by Gasteiger charge is -2.35. The number of Topliss-reactive ketones (excluding diaryl/α,β-unsaturated/α-hetero) is 1. The van der Waals surface area contributed by atoms with Crippen LogP contribution in [0.2, 0.25) is 0 Å². The van der Waals surface area contributed by atoms with E-state index in [-0.39, 0.29) is 40.9 Å². The molecule has 0 bridgehead atoms. The summed E-state index contributed by atoms with van der Waals surface area (Å²) < 4.78 is 0. The van der Waals surface area contributed by atoms with Gasteiger partial charge in [-0.3, -0.25) is 28.8 Å². The van der Waals surface area contributed by atoms with Crippen molar-refractivity contribution in [1.82, 2.24) is 26.2 Å². The Labute approximate surface area is 238 Å². The molecule has 1 aliphatic carbocycles. The quantitative estimate of drug-likeness (QED) is 0.243. The molecule has 11 heteroatoms. The largest absolute Gasteiger partial charge is 0.356 e. The molecule has 2 saturated heterocycles. The first kappa shape index (κ1) is 33.2. The number of nitrogens with zero attached hydrogens (tertiary/aromatic N) is 1. The minimum Gasteiger partial charge on any atom is -0.356 e. The average molecular weight is 564 g/mol. The van der Waals surface area contributed by atoms with E-state index in [9.17, 15) is 28.8 Å². The second-order valence-electron chi connectivity index (χ2n) is 14.2. The van der Waals surface area contributed by atoms with E-state index in [0.717, 1.165) is 13.1 Å². The van der Waals surface area contributed by atoms with Gasteiger partial charge in [-0.2, -0.15) is 0 Å². The zero-order chi connectivity index (χ0) is 30.6. The van der Waals surface area contributed by atoms with E-state index in [4.69, 9.17) is 0 Å². The first-order valence-corrected chi connectivity index (χ1v) is 14.1. The van der Waals surface area contributed by atoms with Gasteiger partial charge in [0.2, 0.25) is 29.9 Å². The van der Waals surface area contributed by atoms with Crippen LogP contribution in [0.4, 0.5) is 0 Å². The molecule has 5 amide bonds. The van der Waals surface area contributed by atoms with Gasteiger partial charge >= 0.3 is 0 Å². The molecule has 0 spiro atoms. The minimum atomic E-state index is -0.943. The lowest BCUT2D eigenvalue weighted by Crippen LogP contribution is -2.55. The summed E-state index contributed by atoms with van der Waals surface area (Å²) in [4.78, 5) is 71.8. The van der Waals surface area contributed by atoms with Crippen LogP contribution in [-0.4, -0.2) is 79.5 Å². The fraction of sp³-hybridized carbons (Fsp3) is 0.793. The summed E-state index contributed by atoms with van der Waals surface area (Å²) in [5.74, 6) is -0.663. The number of piperidine rings is 1. The van der Waals surface area contributed by atoms with Crippen LogP contribution in [0.25, 0.3) is 0 Å². The SMILES string of the molecule is CC(C)(C)CC(=O)NC(C(=O)N1CC2C(C1)C2(C)C)C(C)(C)C.CNC(=O)C(=O)C(CC1CCNC1=O)NC=O. The number of carbonyl (C=O) groups is 6. The Bertz CT molecular complexity index is 982. The van der Waals surface area contributed by atoms with Crippen molar-refractivity contribution in [3.63, 3.8) is 0 Å². The predicted molar refractivity (Wildman–Crippen MR) is 151 cm³/mol. The predicted octanol–water partition coefficient (Wildman–Crippen LogP) is 1.01. The first-order valence-electron chi connectivity index (χ1n) is 14.1. The van der Waals surface area contributed by atoms with Crippen molar-refractivity contribution in [2.45, 2.75) is 86.7 Å². The maximum absolute atomic E-state index is 13.0. The number of carbonyl (C=O) groups excluding carboxylic acids is 6. The molecule has 5 unspecified atom stereocenters. The standard InChI is InChI=1S/C19H34N2O2.C10H15N3O4/c1-17(2,3)9-14(22)20-15(18(4,5)6)16(23)21-10-12-13(11-21)19(12,7)8;1-11-10(17)8(15)7(13-5-14)4-6-2-3-12-9(6)16/h12-13,15H,9-11H2,1-8H3,(H,20,22);5-7H,2-4H2,1H3,(H,11,17)(H,12,16)(H,13,14). The molecule has 0 radical (unpaired) electrons. The van der Waals surface area contributed by atoms with Crippen molar-refractivity contribution in [3.8, 4) is 0 Å². The number of likely N-dealkylation sites (N-methyl/N-ethyl adjacent to an activating group) is 1. The van der Waals surface area contributed by atoms with Crippen LogP contribution in [-0.2, 0) is 28.8 Å². The highest BCUT2D eigenvalue weighted by Crippen LogP contribution is 2.62. The summed E-state index contributed by atoms with van der Waals surface area (Å²) in [5, 5.41) is 10.1. The molecule has 5 atom stereocenters. The van der Waals surface area contributed by atoms with Gasteiger partial charge in [0, 0.05) is 39.0 Å². The lowest BCUT2D eigenvalue weighted by molar-refractivity contribution is -0.139. The number of nitrogens with one attached hydrogen (secondary N) is 4. The smallest absolute Gasteiger partial charge is 0.289 e. The van der Waals surface area contributed by atoms with Gasteiger partial charge in [-0.25, -0.2) is 0 Å². The monoisotopic (exact) mass is 563 g/mol. The molecule has 1 saturated carbocycles. The van der Waals surface area contributed by atoms with Crippen molar-refractivity contribution in [3.05, 3.63) is 0 Å². The molecule has 4 N–H and O–H groups in total. The number of hydrogen-bond donors (Lipinski definition) is 4. The zero-order valence-electron chi connectivity index (χ0n) is 25.6. The van der Waals surface area contributed by atoms with Crippen molar-refractivity contribution in [2.75, 3.05) is 26.7 Å². The molecule has 226 valence electrons. The molecule has 40 heavy (non-hydrogen) atoms. The maximum Gasteiger partial charge on any atom is 0.289 e. The Morgan fingerprint density at radius 1 is 1.07 bits per heavy atom. The molecule has 0 aromatic heterocycles. The third-order valence-corrected chi connectivity index (χ3v) is 8.26. The molecule has 0 aromatic rings. The van der Waals surface area contributed by atoms with Crippen LogP contribution in [0.15, 0.2) is 0 Å². The second-order valence-corrected chi connectivity index (χ2v) is 14.2. The zero-order valence-corrected chi connectivity index (χ0v) is 25.6. The lowest BCUT2D eigenvalue weighted by atomic mass is 9.84. The molecular formula is C29H49N5O6. The molecule has 3 rings (SSSR count). The molecule has 3 fully saturated rings. The van der Waals surface area contributed by atoms with Gasteiger partial charge in [0.25, 0.3) is 5.91 Å². The van der Waals surface area contributed by atoms with Gasteiger partial charge in [-0.15, -0.1) is 0 Å². The number of rotatable bonds is 9. The molecule has 11 nitrogen and oxygen atoms in total. The van der Waals surface area contributed by atoms with E-state index in [1.165, 1.54) is 7.05 Å². The van der Waals surface area contributed by atoms with Gasteiger partial charge in [0.05, 0.1) is 6.04 Å². The highest BCUT2D eigenvalue weighted by molar-refractivity contribution is 6.38. The van der Waals surface area contributed by atoms with E-state index in [1.54, 1.807) is 0 Å². The molecule has 2 aliphatic heterocycles. The minimum absolute atomic E-state index is 0.0320. The highest BCUT2D eigenvalue weighted by Gasteiger charge is 2.63. The molecule has 3 aliphatic rings. The first-order chi connectivity index (χ1) is 18.3. The molecule has 0 aromatic carbocycles. The topological polar surface area (TPSA) is 154 Å². The van der Waals surface area contributed by atoms with Gasteiger partial charge < -0.3 is 26.2 Å². The Morgan fingerprint density at radius 3 is 2.08 bits per heavy atom. The summed E-state index contributed by atoms with van der Waals surface area (Å²) in [5.41, 5.74) is 0.0330. The van der Waals surface area contributed by atoms with Crippen molar-refractivity contribution >= 4 is 35.8 Å². The number of fused-ring (bicyclic) bond motifs is 1. The van der Waals surface area contributed by atoms with Crippen molar-refractivity contribution in [1.29, 1.82) is 0 Å². The molecular weight excluding hydrogens is 514 g/mol. The summed E-state index contributed by atoms with van der Waals surface area (Å²) in [6, 6.07) is -1.39. The average Bonchev–Trinajstić information content (AvgIpc) is 3.23. The van der Waals surface area contributed by atoms with Gasteiger partial charge in [-0.05, 0) is 40.9 Å². The van der Waals surface area contributed by atoms with Crippen LogP contribution in [0.5, 0.6) is 0 Å². The summed E-state index contributed by atoms with van der Waals surface area (Å²) in [6.07, 6.45) is 1.55. The van der Waals surface area contributed by atoms with Gasteiger partial charge in [0.15, 0.2) is 0 Å². The van der Waals surface area contributed by atoms with Gasteiger partial charge in [-0.1, -0.05) is 55.4 Å². The van der Waals surface area contributed by atoms with E-state index >= 15 is 0 Å². The highest BCUT2D eigenvalue weighted by atomic mass is 16.2. The number of hydrogen-bond acceptors (Lipinski definition) is 6. The van der Waals surface area contributed by atoms with Crippen molar-refractivity contribution in [2.24, 2.45) is 34.0 Å². The van der Waals surface area contributed by atoms with E-state index < -0.39 is 23.8 Å². The third kappa shape index (κ3) is 8.51. The van der Waals surface area contributed by atoms with Gasteiger partial charge in [0.1, 0.15) is 6.04 Å². The number of amides is 5. The van der Waals surface area contributed by atoms with Crippen LogP contribution < -0.4 is 21.3 Å². The Kier molecular flexibility index (Phi) is 10.5. The third-order valence-electron chi connectivity index (χ3n) is 8.26. The normalized spacial score (nSPS) is 24.4. The van der Waals surface area contributed by atoms with Crippen LogP contribution in [0.3, 0.4) is 0 Å². The van der Waals surface area contributed by atoms with E-state index in [2.05, 4.69) is 35.1 Å².